The van der Waals surface area contributed by atoms with E-state index in [0.29, 0.717) is 17.0 Å². The van der Waals surface area contributed by atoms with Crippen molar-refractivity contribution in [1.29, 1.82) is 0 Å². The van der Waals surface area contributed by atoms with E-state index in [2.05, 4.69) is 13.8 Å². The number of rotatable bonds is 4. The average Bonchev–Trinajstić information content (AvgIpc) is 2.56. The molecule has 0 bridgehead atoms. The van der Waals surface area contributed by atoms with Crippen molar-refractivity contribution in [2.24, 2.45) is 5.92 Å². The molecule has 1 heterocycles. The van der Waals surface area contributed by atoms with E-state index in [1.54, 1.807) is 0 Å². The Morgan fingerprint density at radius 2 is 2.42 bits per heavy atom. The number of Topliss-reactive ketones (excluding diaryl/α,β-unsaturated/α-hetero) is 1. The van der Waals surface area contributed by atoms with Crippen LogP contribution in [0, 0.1) is 5.92 Å². The third kappa shape index (κ3) is 2.81. The summed E-state index contributed by atoms with van der Waals surface area (Å²) in [7, 11) is 0. The van der Waals surface area contributed by atoms with Crippen LogP contribution in [0.5, 0.6) is 0 Å². The maximum Gasteiger partial charge on any atom is 0.146 e. The van der Waals surface area contributed by atoms with Gasteiger partial charge in [0.05, 0.1) is 5.25 Å². The minimum Gasteiger partial charge on any atom is -0.298 e. The lowest BCUT2D eigenvalue weighted by Crippen LogP contribution is -2.16. The van der Waals surface area contributed by atoms with Crippen LogP contribution in [0.2, 0.25) is 0 Å². The van der Waals surface area contributed by atoms with Crippen LogP contribution in [0.1, 0.15) is 39.5 Å². The summed E-state index contributed by atoms with van der Waals surface area (Å²) in [6.07, 6.45) is 4.29. The molecule has 0 spiro atoms. The smallest absolute Gasteiger partial charge is 0.146 e. The summed E-state index contributed by atoms with van der Waals surface area (Å²) in [6.45, 7) is 4.32. The normalized spacial score (nSPS) is 25.7. The van der Waals surface area contributed by atoms with Gasteiger partial charge in [-0.1, -0.05) is 20.3 Å². The predicted molar refractivity (Wildman–Crippen MR) is 54.6 cm³/mol. The Morgan fingerprint density at radius 3 is 2.92 bits per heavy atom. The molecular formula is C10H18OS. The van der Waals surface area contributed by atoms with Crippen molar-refractivity contribution in [3.63, 3.8) is 0 Å². The van der Waals surface area contributed by atoms with Gasteiger partial charge in [0, 0.05) is 6.42 Å². The van der Waals surface area contributed by atoms with E-state index in [0.717, 1.165) is 19.3 Å². The first-order valence-electron chi connectivity index (χ1n) is 4.88. The molecule has 0 N–H and O–H groups in total. The Hall–Kier alpha value is 0.0200. The van der Waals surface area contributed by atoms with Crippen LogP contribution in [0.4, 0.5) is 0 Å². The fraction of sp³-hybridized carbons (Fsp3) is 0.900. The summed E-state index contributed by atoms with van der Waals surface area (Å²) < 4.78 is 0. The first kappa shape index (κ1) is 10.1. The molecule has 1 aliphatic rings. The standard InChI is InChI=1S/C10H18OS/c1-3-8(2)7-9(11)10-5-4-6-12-10/h8,10H,3-7H2,1-2H3. The minimum absolute atomic E-state index is 0.346. The molecule has 2 atom stereocenters. The molecule has 0 aliphatic carbocycles. The zero-order valence-electron chi connectivity index (χ0n) is 8.01. The van der Waals surface area contributed by atoms with E-state index in [-0.39, 0.29) is 0 Å². The van der Waals surface area contributed by atoms with Crippen LogP contribution in [0.25, 0.3) is 0 Å². The minimum atomic E-state index is 0.346. The second-order valence-corrected chi connectivity index (χ2v) is 5.00. The highest BCUT2D eigenvalue weighted by atomic mass is 32.2. The summed E-state index contributed by atoms with van der Waals surface area (Å²) >= 11 is 1.85. The second-order valence-electron chi connectivity index (χ2n) is 3.69. The zero-order valence-corrected chi connectivity index (χ0v) is 8.82. The number of hydrogen-bond acceptors (Lipinski definition) is 2. The van der Waals surface area contributed by atoms with Crippen molar-refractivity contribution in [2.45, 2.75) is 44.8 Å². The van der Waals surface area contributed by atoms with Gasteiger partial charge in [-0.3, -0.25) is 4.79 Å². The van der Waals surface area contributed by atoms with Crippen LogP contribution >= 0.6 is 11.8 Å². The highest BCUT2D eigenvalue weighted by Crippen LogP contribution is 2.28. The van der Waals surface area contributed by atoms with Crippen molar-refractivity contribution >= 4 is 17.5 Å². The molecule has 0 aromatic carbocycles. The average molecular weight is 186 g/mol. The summed E-state index contributed by atoms with van der Waals surface area (Å²) in [5.74, 6) is 2.27. The van der Waals surface area contributed by atoms with Gasteiger partial charge in [0.2, 0.25) is 0 Å². The largest absolute Gasteiger partial charge is 0.298 e. The predicted octanol–water partition coefficient (Wildman–Crippen LogP) is 2.89. The zero-order chi connectivity index (χ0) is 8.97. The molecule has 2 unspecified atom stereocenters. The number of ketones is 1. The van der Waals surface area contributed by atoms with Crippen LogP contribution < -0.4 is 0 Å². The van der Waals surface area contributed by atoms with Crippen molar-refractivity contribution < 1.29 is 4.79 Å². The monoisotopic (exact) mass is 186 g/mol. The van der Waals surface area contributed by atoms with Gasteiger partial charge in [-0.25, -0.2) is 0 Å². The number of carbonyl (C=O) groups excluding carboxylic acids is 1. The quantitative estimate of drug-likeness (QED) is 0.671. The van der Waals surface area contributed by atoms with Gasteiger partial charge in [0.25, 0.3) is 0 Å². The Morgan fingerprint density at radius 1 is 1.67 bits per heavy atom. The van der Waals surface area contributed by atoms with E-state index in [4.69, 9.17) is 0 Å². The first-order chi connectivity index (χ1) is 5.74. The maximum atomic E-state index is 11.6. The van der Waals surface area contributed by atoms with Crippen molar-refractivity contribution in [3.05, 3.63) is 0 Å². The summed E-state index contributed by atoms with van der Waals surface area (Å²) in [5, 5.41) is 0.346. The van der Waals surface area contributed by atoms with Crippen molar-refractivity contribution in [3.8, 4) is 0 Å². The fourth-order valence-corrected chi connectivity index (χ4v) is 2.68. The molecular weight excluding hydrogens is 168 g/mol. The van der Waals surface area contributed by atoms with E-state index in [1.165, 1.54) is 12.2 Å². The fourth-order valence-electron chi connectivity index (χ4n) is 1.45. The molecule has 12 heavy (non-hydrogen) atoms. The van der Waals surface area contributed by atoms with E-state index in [1.807, 2.05) is 11.8 Å². The Kier molecular flexibility index (Phi) is 4.13. The van der Waals surface area contributed by atoms with Crippen LogP contribution in [0.3, 0.4) is 0 Å². The summed E-state index contributed by atoms with van der Waals surface area (Å²) in [5.41, 5.74) is 0. The molecule has 0 saturated carbocycles. The number of hydrogen-bond donors (Lipinski definition) is 0. The van der Waals surface area contributed by atoms with Gasteiger partial charge >= 0.3 is 0 Å². The SMILES string of the molecule is CCC(C)CC(=O)C1CCCS1. The molecule has 0 radical (unpaired) electrons. The highest BCUT2D eigenvalue weighted by molar-refractivity contribution is 8.00. The first-order valence-corrected chi connectivity index (χ1v) is 5.93. The molecule has 1 nitrogen and oxygen atoms in total. The van der Waals surface area contributed by atoms with Gasteiger partial charge in [-0.15, -0.1) is 0 Å². The maximum absolute atomic E-state index is 11.6. The van der Waals surface area contributed by atoms with Gasteiger partial charge in [0.15, 0.2) is 0 Å². The molecule has 0 amide bonds. The molecule has 1 fully saturated rings. The van der Waals surface area contributed by atoms with Crippen LogP contribution in [-0.2, 0) is 4.79 Å². The lowest BCUT2D eigenvalue weighted by molar-refractivity contribution is -0.119. The molecule has 1 rings (SSSR count). The number of carbonyl (C=O) groups is 1. The topological polar surface area (TPSA) is 17.1 Å². The van der Waals surface area contributed by atoms with Crippen LogP contribution in [-0.4, -0.2) is 16.8 Å². The van der Waals surface area contributed by atoms with Gasteiger partial charge < -0.3 is 0 Å². The Labute approximate surface area is 79.3 Å². The second kappa shape index (κ2) is 4.90. The Bertz CT molecular complexity index is 150. The van der Waals surface area contributed by atoms with Gasteiger partial charge in [-0.05, 0) is 24.5 Å². The number of thioether (sulfide) groups is 1. The van der Waals surface area contributed by atoms with Crippen molar-refractivity contribution in [2.75, 3.05) is 5.75 Å². The summed E-state index contributed by atoms with van der Waals surface area (Å²) in [4.78, 5) is 11.6. The lowest BCUT2D eigenvalue weighted by Gasteiger charge is -2.10. The molecule has 2 heteroatoms. The van der Waals surface area contributed by atoms with E-state index < -0.39 is 0 Å². The van der Waals surface area contributed by atoms with Crippen molar-refractivity contribution in [1.82, 2.24) is 0 Å². The molecule has 0 aromatic rings. The molecule has 0 aromatic heterocycles. The molecule has 1 saturated heterocycles. The van der Waals surface area contributed by atoms with Gasteiger partial charge in [0.1, 0.15) is 5.78 Å². The lowest BCUT2D eigenvalue weighted by atomic mass is 9.99. The van der Waals surface area contributed by atoms with Crippen LogP contribution in [0.15, 0.2) is 0 Å². The summed E-state index contributed by atoms with van der Waals surface area (Å²) in [6, 6.07) is 0. The molecule has 70 valence electrons. The third-order valence-corrected chi connectivity index (χ3v) is 3.96. The highest BCUT2D eigenvalue weighted by Gasteiger charge is 2.23. The van der Waals surface area contributed by atoms with Gasteiger partial charge in [-0.2, -0.15) is 11.8 Å². The van der Waals surface area contributed by atoms with E-state index >= 15 is 0 Å². The third-order valence-electron chi connectivity index (χ3n) is 2.54. The Balaban J connectivity index is 2.27. The van der Waals surface area contributed by atoms with E-state index in [9.17, 15) is 4.79 Å². The molecule has 1 aliphatic heterocycles.